The van der Waals surface area contributed by atoms with Gasteiger partial charge in [-0.1, -0.05) is 50.2 Å². The Hall–Kier alpha value is -4.21. The lowest BCUT2D eigenvalue weighted by Gasteiger charge is -2.50. The molecule has 0 radical (unpaired) electrons. The Morgan fingerprint density at radius 1 is 1.00 bits per heavy atom. The van der Waals surface area contributed by atoms with Crippen LogP contribution < -0.4 is 10.1 Å². The van der Waals surface area contributed by atoms with Gasteiger partial charge in [0.2, 0.25) is 17.7 Å². The van der Waals surface area contributed by atoms with Gasteiger partial charge >= 0.3 is 0 Å². The number of nitrogens with one attached hydrogen (secondary N) is 1. The van der Waals surface area contributed by atoms with Crippen molar-refractivity contribution in [3.63, 3.8) is 0 Å². The summed E-state index contributed by atoms with van der Waals surface area (Å²) in [5.41, 5.74) is 1.83. The molecule has 2 saturated heterocycles. The summed E-state index contributed by atoms with van der Waals surface area (Å²) < 4.78 is 6.95. The molecule has 214 valence electrons. The van der Waals surface area contributed by atoms with Crippen LogP contribution in [-0.2, 0) is 22.7 Å². The van der Waals surface area contributed by atoms with Crippen molar-refractivity contribution >= 4 is 17.7 Å². The van der Waals surface area contributed by atoms with Crippen molar-refractivity contribution in [2.24, 2.45) is 22.7 Å². The molecule has 1 saturated carbocycles. The zero-order valence-electron chi connectivity index (χ0n) is 23.7. The SMILES string of the molecule is COc1cccc(CNC(=O)[C@@H]2CN(C(=O)c3cnn(Cc4ccccc4)c3)CC23CN(C(=O)[C@H]2CC2(C)C)C3)n1. The lowest BCUT2D eigenvalue weighted by molar-refractivity contribution is -0.151. The molecule has 3 fully saturated rings. The van der Waals surface area contributed by atoms with Gasteiger partial charge in [-0.25, -0.2) is 4.98 Å². The van der Waals surface area contributed by atoms with Gasteiger partial charge in [0.05, 0.1) is 43.6 Å². The number of pyridine rings is 1. The average Bonchev–Trinajstić information content (AvgIpc) is 3.27. The zero-order valence-corrected chi connectivity index (χ0v) is 23.7. The summed E-state index contributed by atoms with van der Waals surface area (Å²) in [6, 6.07) is 15.4. The van der Waals surface area contributed by atoms with E-state index in [0.29, 0.717) is 43.3 Å². The number of hydrogen-bond acceptors (Lipinski definition) is 6. The fraction of sp³-hybridized carbons (Fsp3) is 0.452. The molecule has 41 heavy (non-hydrogen) atoms. The number of methoxy groups -OCH3 is 1. The van der Waals surface area contributed by atoms with Gasteiger partial charge in [0, 0.05) is 49.8 Å². The highest BCUT2D eigenvalue weighted by Crippen LogP contribution is 2.54. The summed E-state index contributed by atoms with van der Waals surface area (Å²) in [4.78, 5) is 48.3. The number of hydrogen-bond donors (Lipinski definition) is 1. The van der Waals surface area contributed by atoms with Crippen molar-refractivity contribution in [2.45, 2.75) is 33.4 Å². The number of carbonyl (C=O) groups is 3. The first-order valence-electron chi connectivity index (χ1n) is 14.1. The lowest BCUT2D eigenvalue weighted by atomic mass is 9.71. The van der Waals surface area contributed by atoms with Crippen LogP contribution in [0, 0.1) is 22.7 Å². The van der Waals surface area contributed by atoms with Crippen molar-refractivity contribution in [1.82, 2.24) is 29.9 Å². The van der Waals surface area contributed by atoms with Crippen molar-refractivity contribution in [2.75, 3.05) is 33.3 Å². The zero-order chi connectivity index (χ0) is 28.8. The van der Waals surface area contributed by atoms with Crippen LogP contribution in [0.2, 0.25) is 0 Å². The fourth-order valence-electron chi connectivity index (χ4n) is 6.27. The van der Waals surface area contributed by atoms with E-state index >= 15 is 0 Å². The standard InChI is InChI=1S/C31H36N6O4/c1-30(2)12-24(30)29(40)36-19-31(20-36)18-35(17-25(31)27(38)32-14-23-10-7-11-26(34-23)41-3)28(39)22-13-33-37(16-22)15-21-8-5-4-6-9-21/h4-11,13,16,24-25H,12,14-15,17-20H2,1-3H3,(H,32,38)/t24-,25+/m1/s1. The molecule has 2 atom stereocenters. The number of rotatable bonds is 8. The minimum atomic E-state index is -0.476. The maximum atomic E-state index is 13.6. The molecule has 10 heteroatoms. The molecule has 10 nitrogen and oxygen atoms in total. The van der Waals surface area contributed by atoms with E-state index in [1.165, 1.54) is 0 Å². The van der Waals surface area contributed by atoms with Gasteiger partial charge in [0.1, 0.15) is 0 Å². The van der Waals surface area contributed by atoms with Gasteiger partial charge in [-0.2, -0.15) is 5.10 Å². The normalized spacial score (nSPS) is 21.8. The number of amides is 3. The van der Waals surface area contributed by atoms with Crippen molar-refractivity contribution < 1.29 is 19.1 Å². The molecular weight excluding hydrogens is 520 g/mol. The molecule has 2 aliphatic heterocycles. The van der Waals surface area contributed by atoms with Crippen LogP contribution in [0.4, 0.5) is 0 Å². The Kier molecular flexibility index (Phi) is 6.79. The molecule has 1 N–H and O–H groups in total. The molecule has 0 unspecified atom stereocenters. The molecule has 2 aromatic heterocycles. The number of ether oxygens (including phenoxy) is 1. The number of aromatic nitrogens is 3. The van der Waals surface area contributed by atoms with E-state index in [2.05, 4.69) is 29.2 Å². The molecule has 4 heterocycles. The van der Waals surface area contributed by atoms with Gasteiger partial charge in [-0.15, -0.1) is 0 Å². The lowest BCUT2D eigenvalue weighted by Crippen LogP contribution is -2.64. The second kappa shape index (κ2) is 10.3. The molecule has 1 spiro atoms. The first kappa shape index (κ1) is 27.0. The topological polar surface area (TPSA) is 110 Å². The Morgan fingerprint density at radius 2 is 1.73 bits per heavy atom. The molecule has 1 aromatic carbocycles. The van der Waals surface area contributed by atoms with Crippen LogP contribution in [0.25, 0.3) is 0 Å². The van der Waals surface area contributed by atoms with Crippen molar-refractivity contribution in [3.05, 3.63) is 77.7 Å². The molecule has 6 rings (SSSR count). The average molecular weight is 557 g/mol. The summed E-state index contributed by atoms with van der Waals surface area (Å²) in [5, 5.41) is 7.42. The predicted octanol–water partition coefficient (Wildman–Crippen LogP) is 2.60. The summed E-state index contributed by atoms with van der Waals surface area (Å²) in [6.07, 6.45) is 4.24. The van der Waals surface area contributed by atoms with Crippen molar-refractivity contribution in [3.8, 4) is 5.88 Å². The van der Waals surface area contributed by atoms with Crippen LogP contribution in [0.3, 0.4) is 0 Å². The second-order valence-corrected chi connectivity index (χ2v) is 12.3. The van der Waals surface area contributed by atoms with E-state index in [0.717, 1.165) is 12.0 Å². The highest BCUT2D eigenvalue weighted by Gasteiger charge is 2.61. The van der Waals surface area contributed by atoms with Crippen LogP contribution >= 0.6 is 0 Å². The third-order valence-electron chi connectivity index (χ3n) is 8.89. The Balaban J connectivity index is 1.16. The third kappa shape index (κ3) is 5.30. The molecule has 3 aromatic rings. The van der Waals surface area contributed by atoms with Crippen LogP contribution in [-0.4, -0.2) is 75.6 Å². The summed E-state index contributed by atoms with van der Waals surface area (Å²) in [6.45, 7) is 6.71. The van der Waals surface area contributed by atoms with Crippen LogP contribution in [0.1, 0.15) is 41.9 Å². The van der Waals surface area contributed by atoms with E-state index < -0.39 is 11.3 Å². The molecule has 1 aliphatic carbocycles. The van der Waals surface area contributed by atoms with Gasteiger partial charge < -0.3 is 19.9 Å². The number of carbonyl (C=O) groups excluding carboxylic acids is 3. The Labute approximate surface area is 239 Å². The number of nitrogens with zero attached hydrogens (tertiary/aromatic N) is 5. The summed E-state index contributed by atoms with van der Waals surface area (Å²) in [5.74, 6) is -0.0409. The molecule has 3 aliphatic rings. The third-order valence-corrected chi connectivity index (χ3v) is 8.89. The van der Waals surface area contributed by atoms with Gasteiger partial charge in [0.15, 0.2) is 0 Å². The van der Waals surface area contributed by atoms with E-state index in [1.807, 2.05) is 47.4 Å². The van der Waals surface area contributed by atoms with Crippen LogP contribution in [0.5, 0.6) is 5.88 Å². The summed E-state index contributed by atoms with van der Waals surface area (Å²) in [7, 11) is 1.55. The predicted molar refractivity (Wildman–Crippen MR) is 151 cm³/mol. The van der Waals surface area contributed by atoms with E-state index in [4.69, 9.17) is 4.74 Å². The first-order chi connectivity index (χ1) is 19.7. The van der Waals surface area contributed by atoms with Gasteiger partial charge in [-0.05, 0) is 23.5 Å². The monoisotopic (exact) mass is 556 g/mol. The van der Waals surface area contributed by atoms with Gasteiger partial charge in [-0.3, -0.25) is 19.1 Å². The fourth-order valence-corrected chi connectivity index (χ4v) is 6.27. The van der Waals surface area contributed by atoms with E-state index in [-0.39, 0.29) is 42.1 Å². The number of benzene rings is 1. The maximum Gasteiger partial charge on any atom is 0.257 e. The van der Waals surface area contributed by atoms with Crippen molar-refractivity contribution in [1.29, 1.82) is 0 Å². The highest BCUT2D eigenvalue weighted by atomic mass is 16.5. The molecule has 3 amide bonds. The van der Waals surface area contributed by atoms with Gasteiger partial charge in [0.25, 0.3) is 5.91 Å². The smallest absolute Gasteiger partial charge is 0.257 e. The molecular formula is C31H36N6O4. The van der Waals surface area contributed by atoms with E-state index in [9.17, 15) is 14.4 Å². The highest BCUT2D eigenvalue weighted by molar-refractivity contribution is 5.95. The largest absolute Gasteiger partial charge is 0.481 e. The van der Waals surface area contributed by atoms with Crippen LogP contribution in [0.15, 0.2) is 60.9 Å². The minimum Gasteiger partial charge on any atom is -0.481 e. The number of likely N-dealkylation sites (tertiary alicyclic amines) is 2. The maximum absolute atomic E-state index is 13.6. The van der Waals surface area contributed by atoms with E-state index in [1.54, 1.807) is 35.2 Å². The Morgan fingerprint density at radius 3 is 2.44 bits per heavy atom. The minimum absolute atomic E-state index is 0.0396. The quantitative estimate of drug-likeness (QED) is 0.457. The first-order valence-corrected chi connectivity index (χ1v) is 14.1. The summed E-state index contributed by atoms with van der Waals surface area (Å²) >= 11 is 0. The second-order valence-electron chi connectivity index (χ2n) is 12.3. The Bertz CT molecular complexity index is 1460. The molecule has 0 bridgehead atoms.